The van der Waals surface area contributed by atoms with Crippen LogP contribution in [-0.4, -0.2) is 0 Å². The van der Waals surface area contributed by atoms with Crippen LogP contribution in [-0.2, 0) is 6.42 Å². The third-order valence-electron chi connectivity index (χ3n) is 11.9. The maximum Gasteiger partial charge on any atom is 0.136 e. The summed E-state index contributed by atoms with van der Waals surface area (Å²) in [5.74, 6) is 0.230. The highest BCUT2D eigenvalue weighted by Crippen LogP contribution is 2.50. The molecule has 1 aliphatic rings. The smallest absolute Gasteiger partial charge is 0.136 e. The fraction of sp³-hybridized carbons (Fsp3) is 0.0545. The number of para-hydroxylation sites is 1. The molecule has 1 atom stereocenters. The van der Waals surface area contributed by atoms with Gasteiger partial charge in [-0.15, -0.1) is 0 Å². The van der Waals surface area contributed by atoms with E-state index in [1.165, 1.54) is 66.2 Å². The first-order chi connectivity index (χ1) is 28.3. The Labute approximate surface area is 332 Å². The third-order valence-corrected chi connectivity index (χ3v) is 11.9. The van der Waals surface area contributed by atoms with Crippen LogP contribution in [0.15, 0.2) is 211 Å². The van der Waals surface area contributed by atoms with Crippen molar-refractivity contribution in [1.82, 2.24) is 0 Å². The second-order valence-corrected chi connectivity index (χ2v) is 15.2. The van der Waals surface area contributed by atoms with E-state index in [1.807, 2.05) is 0 Å². The number of hydrogen-bond donors (Lipinski definition) is 0. The van der Waals surface area contributed by atoms with Crippen LogP contribution in [0.2, 0.25) is 0 Å². The molecule has 0 N–H and O–H groups in total. The van der Waals surface area contributed by atoms with E-state index in [0.29, 0.717) is 0 Å². The van der Waals surface area contributed by atoms with Crippen LogP contribution in [0.4, 0.5) is 17.1 Å². The maximum absolute atomic E-state index is 6.58. The molecular formula is C55H39NO. The second-order valence-electron chi connectivity index (χ2n) is 15.2. The van der Waals surface area contributed by atoms with Gasteiger partial charge in [0.15, 0.2) is 0 Å². The summed E-state index contributed by atoms with van der Waals surface area (Å²) in [6.45, 7) is 0. The lowest BCUT2D eigenvalue weighted by Gasteiger charge is -2.27. The van der Waals surface area contributed by atoms with Crippen molar-refractivity contribution in [3.63, 3.8) is 0 Å². The predicted molar refractivity (Wildman–Crippen MR) is 239 cm³/mol. The summed E-state index contributed by atoms with van der Waals surface area (Å²) in [6, 6.07) is 75.0. The molecule has 0 aliphatic heterocycles. The maximum atomic E-state index is 6.58. The topological polar surface area (TPSA) is 16.4 Å². The van der Waals surface area contributed by atoms with E-state index in [4.69, 9.17) is 4.42 Å². The van der Waals surface area contributed by atoms with Gasteiger partial charge in [0.25, 0.3) is 0 Å². The fourth-order valence-electron chi connectivity index (χ4n) is 9.22. The Morgan fingerprint density at radius 2 is 1.05 bits per heavy atom. The molecule has 0 saturated carbocycles. The summed E-state index contributed by atoms with van der Waals surface area (Å²) in [7, 11) is 0. The molecule has 10 aromatic rings. The molecule has 0 radical (unpaired) electrons. The molecule has 1 aliphatic carbocycles. The van der Waals surface area contributed by atoms with Crippen molar-refractivity contribution in [1.29, 1.82) is 0 Å². The zero-order chi connectivity index (χ0) is 37.7. The van der Waals surface area contributed by atoms with E-state index >= 15 is 0 Å². The highest BCUT2D eigenvalue weighted by atomic mass is 16.3. The Kier molecular flexibility index (Phi) is 8.07. The van der Waals surface area contributed by atoms with Gasteiger partial charge in [-0.3, -0.25) is 0 Å². The van der Waals surface area contributed by atoms with Crippen LogP contribution in [0.25, 0.3) is 66.1 Å². The number of fused-ring (bicyclic) bond motifs is 7. The van der Waals surface area contributed by atoms with Gasteiger partial charge in [0.2, 0.25) is 0 Å². The molecule has 0 amide bonds. The largest absolute Gasteiger partial charge is 0.456 e. The van der Waals surface area contributed by atoms with E-state index in [9.17, 15) is 0 Å². The Bertz CT molecular complexity index is 3050. The number of hydrogen-bond acceptors (Lipinski definition) is 2. The SMILES string of the molecule is c1ccc(-c2ccc(N(c3ccc(C4CCc5cc6oc7ccccc7c6c(-c6ccccc6)c5-c5ccccc54)cc3)c3ccc4ccccc4c3)cc2)cc1. The summed E-state index contributed by atoms with van der Waals surface area (Å²) in [6.07, 6.45) is 1.94. The van der Waals surface area contributed by atoms with Crippen molar-refractivity contribution in [2.45, 2.75) is 18.8 Å². The van der Waals surface area contributed by atoms with Crippen molar-refractivity contribution in [3.05, 3.63) is 223 Å². The average Bonchev–Trinajstić information content (AvgIpc) is 3.57. The fourth-order valence-corrected chi connectivity index (χ4v) is 9.22. The Hall–Kier alpha value is -7.16. The number of anilines is 3. The van der Waals surface area contributed by atoms with Crippen molar-refractivity contribution in [2.75, 3.05) is 4.90 Å². The van der Waals surface area contributed by atoms with Crippen LogP contribution in [0.1, 0.15) is 29.0 Å². The molecule has 2 nitrogen and oxygen atoms in total. The van der Waals surface area contributed by atoms with Gasteiger partial charge in [0.1, 0.15) is 11.2 Å². The summed E-state index contributed by atoms with van der Waals surface area (Å²) >= 11 is 0. The number of nitrogens with zero attached hydrogens (tertiary/aromatic N) is 1. The number of rotatable bonds is 6. The highest BCUT2D eigenvalue weighted by Gasteiger charge is 2.29. The average molecular weight is 730 g/mol. The molecule has 57 heavy (non-hydrogen) atoms. The van der Waals surface area contributed by atoms with Crippen LogP contribution < -0.4 is 4.90 Å². The second kappa shape index (κ2) is 13.8. The summed E-state index contributed by atoms with van der Waals surface area (Å²) in [4.78, 5) is 2.38. The molecule has 270 valence electrons. The summed E-state index contributed by atoms with van der Waals surface area (Å²) in [5, 5.41) is 4.81. The van der Waals surface area contributed by atoms with Crippen molar-refractivity contribution in [2.24, 2.45) is 0 Å². The Balaban J connectivity index is 1.02. The zero-order valence-electron chi connectivity index (χ0n) is 31.5. The van der Waals surface area contributed by atoms with Gasteiger partial charge in [-0.2, -0.15) is 0 Å². The molecule has 0 spiro atoms. The molecule has 1 aromatic heterocycles. The lowest BCUT2D eigenvalue weighted by atomic mass is 9.83. The quantitative estimate of drug-likeness (QED) is 0.169. The van der Waals surface area contributed by atoms with Gasteiger partial charge in [-0.25, -0.2) is 0 Å². The Morgan fingerprint density at radius 1 is 0.439 bits per heavy atom. The standard InChI is InChI=1S/C55H39NO/c1-3-13-37(14-4-1)39-23-29-44(30-24-39)56(46-33-25-38-15-7-8-18-42(38)35-46)45-31-26-40(27-32-45)47-34-28-43-36-52-55(50-21-11-12-22-51(50)57-52)54(41-16-5-2-6-17-41)53(43)49-20-10-9-19-48(47)49/h1-27,29-33,35-36,47H,28,34H2. The molecule has 0 fully saturated rings. The minimum atomic E-state index is 0.230. The molecule has 0 bridgehead atoms. The normalized spacial score (nSPS) is 13.6. The van der Waals surface area contributed by atoms with E-state index in [2.05, 4.69) is 211 Å². The van der Waals surface area contributed by atoms with Gasteiger partial charge < -0.3 is 9.32 Å². The van der Waals surface area contributed by atoms with Gasteiger partial charge >= 0.3 is 0 Å². The van der Waals surface area contributed by atoms with E-state index in [1.54, 1.807) is 0 Å². The van der Waals surface area contributed by atoms with Gasteiger partial charge in [-0.1, -0.05) is 158 Å². The van der Waals surface area contributed by atoms with Crippen molar-refractivity contribution in [3.8, 4) is 33.4 Å². The molecule has 2 heteroatoms. The van der Waals surface area contributed by atoms with Crippen LogP contribution in [0.5, 0.6) is 0 Å². The minimum Gasteiger partial charge on any atom is -0.456 e. The highest BCUT2D eigenvalue weighted by molar-refractivity contribution is 6.16. The number of aryl methyl sites for hydroxylation is 1. The van der Waals surface area contributed by atoms with Crippen LogP contribution >= 0.6 is 0 Å². The Morgan fingerprint density at radius 3 is 1.84 bits per heavy atom. The van der Waals surface area contributed by atoms with Crippen molar-refractivity contribution < 1.29 is 4.42 Å². The molecule has 11 rings (SSSR count). The zero-order valence-corrected chi connectivity index (χ0v) is 31.5. The molecular weight excluding hydrogens is 691 g/mol. The lowest BCUT2D eigenvalue weighted by Crippen LogP contribution is -2.10. The summed E-state index contributed by atoms with van der Waals surface area (Å²) in [5.41, 5.74) is 16.9. The first-order valence-corrected chi connectivity index (χ1v) is 19.9. The minimum absolute atomic E-state index is 0.230. The number of benzene rings is 9. The van der Waals surface area contributed by atoms with Crippen LogP contribution in [0, 0.1) is 0 Å². The monoisotopic (exact) mass is 729 g/mol. The predicted octanol–water partition coefficient (Wildman–Crippen LogP) is 15.3. The molecule has 0 saturated heterocycles. The molecule has 1 unspecified atom stereocenters. The van der Waals surface area contributed by atoms with E-state index < -0.39 is 0 Å². The van der Waals surface area contributed by atoms with E-state index in [0.717, 1.165) is 46.5 Å². The molecule has 1 heterocycles. The lowest BCUT2D eigenvalue weighted by molar-refractivity contribution is 0.667. The van der Waals surface area contributed by atoms with Crippen molar-refractivity contribution >= 4 is 49.8 Å². The van der Waals surface area contributed by atoms with Gasteiger partial charge in [-0.05, 0) is 117 Å². The van der Waals surface area contributed by atoms with Crippen LogP contribution in [0.3, 0.4) is 0 Å². The summed E-state index contributed by atoms with van der Waals surface area (Å²) < 4.78 is 6.58. The van der Waals surface area contributed by atoms with Gasteiger partial charge in [0.05, 0.1) is 0 Å². The first kappa shape index (κ1) is 33.2. The van der Waals surface area contributed by atoms with E-state index in [-0.39, 0.29) is 5.92 Å². The third kappa shape index (κ3) is 5.81. The van der Waals surface area contributed by atoms with Gasteiger partial charge in [0, 0.05) is 39.3 Å². The number of furan rings is 1. The molecule has 9 aromatic carbocycles. The first-order valence-electron chi connectivity index (χ1n) is 19.9.